The van der Waals surface area contributed by atoms with Crippen molar-refractivity contribution in [3.63, 3.8) is 0 Å². The van der Waals surface area contributed by atoms with E-state index < -0.39 is 23.7 Å². The van der Waals surface area contributed by atoms with Crippen LogP contribution in [0, 0.1) is 17.2 Å². The highest BCUT2D eigenvalue weighted by molar-refractivity contribution is 9.10. The molecule has 1 aliphatic rings. The van der Waals surface area contributed by atoms with Gasteiger partial charge in [0.15, 0.2) is 0 Å². The highest BCUT2D eigenvalue weighted by Crippen LogP contribution is 2.42. The Kier molecular flexibility index (Phi) is 8.95. The lowest BCUT2D eigenvalue weighted by molar-refractivity contribution is -0.150. The minimum absolute atomic E-state index is 0.0434. The lowest BCUT2D eigenvalue weighted by Gasteiger charge is -2.31. The number of esters is 1. The van der Waals surface area contributed by atoms with E-state index in [0.717, 1.165) is 23.7 Å². The Morgan fingerprint density at radius 2 is 1.91 bits per heavy atom. The average molecular weight is 558 g/mol. The molecule has 0 spiro atoms. The molecule has 0 bridgehead atoms. The molecule has 182 valence electrons. The maximum absolute atomic E-state index is 12.9. The Morgan fingerprint density at radius 1 is 1.20 bits per heavy atom. The molecule has 2 amide bonds. The predicted molar refractivity (Wildman–Crippen MR) is 137 cm³/mol. The Hall–Kier alpha value is -3.29. The minimum atomic E-state index is -1.26. The summed E-state index contributed by atoms with van der Waals surface area (Å²) in [7, 11) is 2.71. The molecule has 0 unspecified atom stereocenters. The van der Waals surface area contributed by atoms with Gasteiger partial charge in [-0.25, -0.2) is 0 Å². The number of aryl methyl sites for hydroxylation is 1. The maximum atomic E-state index is 12.9. The van der Waals surface area contributed by atoms with Crippen molar-refractivity contribution < 1.29 is 23.9 Å². The largest absolute Gasteiger partial charge is 0.496 e. The van der Waals surface area contributed by atoms with Gasteiger partial charge >= 0.3 is 5.97 Å². The van der Waals surface area contributed by atoms with Gasteiger partial charge in [0.05, 0.1) is 41.1 Å². The van der Waals surface area contributed by atoms with Crippen molar-refractivity contribution in [2.45, 2.75) is 19.3 Å². The molecule has 0 saturated carbocycles. The number of nitrogens with zero attached hydrogens (tertiary/aromatic N) is 1. The number of hydrogen-bond acceptors (Lipinski definition) is 7. The SMILES string of the molecule is CCc1ccc(NC(=O)CSC2=C(C#N)[C@@H](c3ccc(OC)c(Br)c3)[C@H](C(=O)OC)C(=O)N2)cc1. The quantitative estimate of drug-likeness (QED) is 0.370. The van der Waals surface area contributed by atoms with E-state index in [1.54, 1.807) is 18.2 Å². The first kappa shape index (κ1) is 26.3. The third-order valence-corrected chi connectivity index (χ3v) is 7.15. The molecule has 2 N–H and O–H groups in total. The topological polar surface area (TPSA) is 118 Å². The van der Waals surface area contributed by atoms with Crippen molar-refractivity contribution in [2.24, 2.45) is 5.92 Å². The molecule has 8 nitrogen and oxygen atoms in total. The number of rotatable bonds is 8. The van der Waals surface area contributed by atoms with Crippen LogP contribution in [0.1, 0.15) is 24.0 Å². The molecule has 2 atom stereocenters. The number of carbonyl (C=O) groups excluding carboxylic acids is 3. The number of benzene rings is 2. The first-order valence-corrected chi connectivity index (χ1v) is 12.5. The van der Waals surface area contributed by atoms with Crippen molar-refractivity contribution in [1.29, 1.82) is 5.26 Å². The number of thioether (sulfide) groups is 1. The van der Waals surface area contributed by atoms with E-state index in [2.05, 4.69) is 32.6 Å². The molecule has 35 heavy (non-hydrogen) atoms. The van der Waals surface area contributed by atoms with E-state index in [1.165, 1.54) is 14.2 Å². The van der Waals surface area contributed by atoms with Gasteiger partial charge in [-0.05, 0) is 57.7 Å². The third-order valence-electron chi connectivity index (χ3n) is 5.51. The molecule has 0 aliphatic carbocycles. The standard InChI is InChI=1S/C25H24BrN3O5S/c1-4-14-5-8-16(9-6-14)28-20(30)13-35-24-17(12-27)21(22(23(31)29-24)25(32)34-3)15-7-10-19(33-2)18(26)11-15/h5-11,21-22H,4,13H2,1-3H3,(H,28,30)(H,29,31)/t21-,22+/m1/s1. The summed E-state index contributed by atoms with van der Waals surface area (Å²) in [5.41, 5.74) is 2.53. The minimum Gasteiger partial charge on any atom is -0.496 e. The number of nitriles is 1. The monoisotopic (exact) mass is 557 g/mol. The number of nitrogens with one attached hydrogen (secondary N) is 2. The van der Waals surface area contributed by atoms with Crippen LogP contribution < -0.4 is 15.4 Å². The first-order chi connectivity index (χ1) is 16.8. The Bertz CT molecular complexity index is 1210. The molecule has 2 aromatic rings. The van der Waals surface area contributed by atoms with Crippen LogP contribution in [-0.4, -0.2) is 37.8 Å². The van der Waals surface area contributed by atoms with Crippen LogP contribution in [0.5, 0.6) is 5.75 Å². The van der Waals surface area contributed by atoms with Gasteiger partial charge < -0.3 is 20.1 Å². The smallest absolute Gasteiger partial charge is 0.319 e. The molecular formula is C25H24BrN3O5S. The molecule has 10 heteroatoms. The predicted octanol–water partition coefficient (Wildman–Crippen LogP) is 4.13. The highest BCUT2D eigenvalue weighted by atomic mass is 79.9. The summed E-state index contributed by atoms with van der Waals surface area (Å²) >= 11 is 4.44. The van der Waals surface area contributed by atoms with Crippen molar-refractivity contribution in [1.82, 2.24) is 5.32 Å². The van der Waals surface area contributed by atoms with Gasteiger partial charge in [-0.3, -0.25) is 14.4 Å². The number of halogens is 1. The summed E-state index contributed by atoms with van der Waals surface area (Å²) < 4.78 is 10.7. The second-order valence-electron chi connectivity index (χ2n) is 7.60. The van der Waals surface area contributed by atoms with E-state index in [1.807, 2.05) is 31.2 Å². The molecule has 0 radical (unpaired) electrons. The van der Waals surface area contributed by atoms with Crippen LogP contribution >= 0.6 is 27.7 Å². The van der Waals surface area contributed by atoms with Crippen molar-refractivity contribution in [3.05, 3.63) is 68.7 Å². The molecule has 0 aromatic heterocycles. The zero-order valence-electron chi connectivity index (χ0n) is 19.4. The Balaban J connectivity index is 1.89. The number of carbonyl (C=O) groups is 3. The van der Waals surface area contributed by atoms with Crippen molar-refractivity contribution in [3.8, 4) is 11.8 Å². The number of hydrogen-bond donors (Lipinski definition) is 2. The maximum Gasteiger partial charge on any atom is 0.319 e. The first-order valence-electron chi connectivity index (χ1n) is 10.7. The van der Waals surface area contributed by atoms with Gasteiger partial charge in [0, 0.05) is 11.6 Å². The fourth-order valence-corrected chi connectivity index (χ4v) is 5.12. The van der Waals surface area contributed by atoms with Crippen LogP contribution in [0.25, 0.3) is 0 Å². The van der Waals surface area contributed by atoms with Gasteiger partial charge in [0.1, 0.15) is 11.7 Å². The molecule has 2 aromatic carbocycles. The summed E-state index contributed by atoms with van der Waals surface area (Å²) in [4.78, 5) is 38.0. The molecule has 0 saturated heterocycles. The second kappa shape index (κ2) is 11.9. The van der Waals surface area contributed by atoms with Crippen molar-refractivity contribution in [2.75, 3.05) is 25.3 Å². The number of ether oxygens (including phenoxy) is 2. The van der Waals surface area contributed by atoms with E-state index in [4.69, 9.17) is 9.47 Å². The van der Waals surface area contributed by atoms with Gasteiger partial charge in [-0.1, -0.05) is 36.9 Å². The second-order valence-corrected chi connectivity index (χ2v) is 9.44. The summed E-state index contributed by atoms with van der Waals surface area (Å²) in [6.45, 7) is 2.05. The van der Waals surface area contributed by atoms with E-state index >= 15 is 0 Å². The van der Waals surface area contributed by atoms with Crippen LogP contribution in [0.2, 0.25) is 0 Å². The van der Waals surface area contributed by atoms with Crippen LogP contribution in [0.3, 0.4) is 0 Å². The van der Waals surface area contributed by atoms with Crippen LogP contribution in [0.4, 0.5) is 5.69 Å². The van der Waals surface area contributed by atoms with E-state index in [9.17, 15) is 19.6 Å². The fourth-order valence-electron chi connectivity index (χ4n) is 3.71. The van der Waals surface area contributed by atoms with Crippen LogP contribution in [0.15, 0.2) is 57.5 Å². The van der Waals surface area contributed by atoms with E-state index in [0.29, 0.717) is 21.5 Å². The molecule has 3 rings (SSSR count). The van der Waals surface area contributed by atoms with Crippen molar-refractivity contribution >= 4 is 51.2 Å². The van der Waals surface area contributed by atoms with Gasteiger partial charge in [0.2, 0.25) is 11.8 Å². The molecule has 1 heterocycles. The summed E-state index contributed by atoms with van der Waals surface area (Å²) in [5, 5.41) is 15.7. The lowest BCUT2D eigenvalue weighted by atomic mass is 9.78. The van der Waals surface area contributed by atoms with Crippen LogP contribution in [-0.2, 0) is 25.5 Å². The number of anilines is 1. The number of allylic oxidation sites excluding steroid dienone is 1. The zero-order valence-corrected chi connectivity index (χ0v) is 21.8. The van der Waals surface area contributed by atoms with Gasteiger partial charge in [-0.2, -0.15) is 5.26 Å². The Morgan fingerprint density at radius 3 is 2.49 bits per heavy atom. The molecular weight excluding hydrogens is 534 g/mol. The van der Waals surface area contributed by atoms with Gasteiger partial charge in [0.25, 0.3) is 0 Å². The van der Waals surface area contributed by atoms with E-state index in [-0.39, 0.29) is 22.3 Å². The summed E-state index contributed by atoms with van der Waals surface area (Å²) in [5.74, 6) is -3.30. The normalized spacial score (nSPS) is 17.3. The number of amides is 2. The summed E-state index contributed by atoms with van der Waals surface area (Å²) in [6.07, 6.45) is 0.896. The molecule has 0 fully saturated rings. The zero-order chi connectivity index (χ0) is 25.5. The summed E-state index contributed by atoms with van der Waals surface area (Å²) in [6, 6.07) is 14.7. The molecule has 1 aliphatic heterocycles. The highest BCUT2D eigenvalue weighted by Gasteiger charge is 2.44. The van der Waals surface area contributed by atoms with Gasteiger partial charge in [-0.15, -0.1) is 0 Å². The fraction of sp³-hybridized carbons (Fsp3) is 0.280. The third kappa shape index (κ3) is 6.05. The Labute approximate surface area is 216 Å². The lowest BCUT2D eigenvalue weighted by Crippen LogP contribution is -2.44. The number of methoxy groups -OCH3 is 2. The average Bonchev–Trinajstić information content (AvgIpc) is 2.86.